The van der Waals surface area contributed by atoms with Crippen molar-refractivity contribution in [3.8, 4) is 0 Å². The van der Waals surface area contributed by atoms with Gasteiger partial charge in [0.2, 0.25) is 5.95 Å². The molecule has 0 aliphatic carbocycles. The van der Waals surface area contributed by atoms with Gasteiger partial charge in [-0.05, 0) is 12.8 Å². The zero-order valence-corrected chi connectivity index (χ0v) is 13.9. The Morgan fingerprint density at radius 2 is 2.16 bits per heavy atom. The smallest absolute Gasteiger partial charge is 0.254 e. The predicted molar refractivity (Wildman–Crippen MR) is 93.6 cm³/mol. The van der Waals surface area contributed by atoms with E-state index in [0.29, 0.717) is 62.4 Å². The Balaban J connectivity index is 1.88. The topological polar surface area (TPSA) is 126 Å². The van der Waals surface area contributed by atoms with Gasteiger partial charge >= 0.3 is 0 Å². The van der Waals surface area contributed by atoms with E-state index in [1.807, 2.05) is 4.90 Å². The van der Waals surface area contributed by atoms with Crippen molar-refractivity contribution < 1.29 is 14.3 Å². The number of nitrogens with two attached hydrogens (primary N) is 1. The maximum atomic E-state index is 12.3. The van der Waals surface area contributed by atoms with Crippen LogP contribution in [0.2, 0.25) is 0 Å². The van der Waals surface area contributed by atoms with E-state index >= 15 is 0 Å². The van der Waals surface area contributed by atoms with Crippen LogP contribution in [-0.2, 0) is 14.3 Å². The fraction of sp³-hybridized carbons (Fsp3) is 0.500. The van der Waals surface area contributed by atoms with Crippen LogP contribution < -0.4 is 16.0 Å². The molecule has 4 N–H and O–H groups in total. The molecule has 25 heavy (non-hydrogen) atoms. The SMILES string of the molecule is N=C/C(=C\N)c1cc(NC(=O)[C@@H]2CCCO2)nc(N2CCOCC2)n1. The fourth-order valence-corrected chi connectivity index (χ4v) is 2.75. The van der Waals surface area contributed by atoms with Gasteiger partial charge in [-0.25, -0.2) is 4.98 Å². The molecule has 1 atom stereocenters. The first-order chi connectivity index (χ1) is 12.2. The summed E-state index contributed by atoms with van der Waals surface area (Å²) in [5.41, 5.74) is 6.51. The summed E-state index contributed by atoms with van der Waals surface area (Å²) in [4.78, 5) is 23.2. The van der Waals surface area contributed by atoms with Gasteiger partial charge in [0.15, 0.2) is 0 Å². The van der Waals surface area contributed by atoms with Crippen molar-refractivity contribution >= 4 is 29.5 Å². The summed E-state index contributed by atoms with van der Waals surface area (Å²) in [6.07, 6.45) is 3.56. The third-order valence-corrected chi connectivity index (χ3v) is 4.11. The quantitative estimate of drug-likeness (QED) is 0.658. The van der Waals surface area contributed by atoms with E-state index in [1.54, 1.807) is 6.07 Å². The van der Waals surface area contributed by atoms with Crippen molar-refractivity contribution in [2.75, 3.05) is 43.1 Å². The highest BCUT2D eigenvalue weighted by atomic mass is 16.5. The van der Waals surface area contributed by atoms with Crippen LogP contribution in [0.1, 0.15) is 18.5 Å². The Hall–Kier alpha value is -2.52. The van der Waals surface area contributed by atoms with Crippen molar-refractivity contribution in [3.05, 3.63) is 18.0 Å². The maximum absolute atomic E-state index is 12.3. The fourth-order valence-electron chi connectivity index (χ4n) is 2.75. The second-order valence-corrected chi connectivity index (χ2v) is 5.80. The van der Waals surface area contributed by atoms with Gasteiger partial charge in [-0.3, -0.25) is 4.79 Å². The molecule has 9 heteroatoms. The van der Waals surface area contributed by atoms with Crippen LogP contribution in [-0.4, -0.2) is 61.1 Å². The van der Waals surface area contributed by atoms with E-state index in [-0.39, 0.29) is 5.91 Å². The summed E-state index contributed by atoms with van der Waals surface area (Å²) in [7, 11) is 0. The number of carbonyl (C=O) groups excluding carboxylic acids is 1. The molecule has 134 valence electrons. The van der Waals surface area contributed by atoms with Crippen molar-refractivity contribution in [3.63, 3.8) is 0 Å². The molecule has 2 aliphatic heterocycles. The monoisotopic (exact) mass is 346 g/mol. The highest BCUT2D eigenvalue weighted by molar-refractivity contribution is 6.07. The molecule has 2 aliphatic rings. The Labute approximate surface area is 145 Å². The second-order valence-electron chi connectivity index (χ2n) is 5.80. The number of allylic oxidation sites excluding steroid dienone is 1. The Morgan fingerprint density at radius 3 is 2.80 bits per heavy atom. The minimum absolute atomic E-state index is 0.219. The number of amides is 1. The van der Waals surface area contributed by atoms with E-state index < -0.39 is 6.10 Å². The minimum atomic E-state index is -0.447. The van der Waals surface area contributed by atoms with Crippen molar-refractivity contribution in [1.82, 2.24) is 9.97 Å². The van der Waals surface area contributed by atoms with Crippen molar-refractivity contribution in [2.24, 2.45) is 5.73 Å². The number of nitrogens with zero attached hydrogens (tertiary/aromatic N) is 3. The summed E-state index contributed by atoms with van der Waals surface area (Å²) < 4.78 is 10.8. The third kappa shape index (κ3) is 4.12. The molecule has 2 fully saturated rings. The second kappa shape index (κ2) is 8.04. The molecular weight excluding hydrogens is 324 g/mol. The van der Waals surface area contributed by atoms with Gasteiger partial charge in [0.05, 0.1) is 18.9 Å². The third-order valence-electron chi connectivity index (χ3n) is 4.11. The molecular formula is C16H22N6O3. The first kappa shape index (κ1) is 17.3. The van der Waals surface area contributed by atoms with Crippen LogP contribution >= 0.6 is 0 Å². The number of nitrogens with one attached hydrogen (secondary N) is 2. The van der Waals surface area contributed by atoms with Gasteiger partial charge in [0.1, 0.15) is 11.9 Å². The van der Waals surface area contributed by atoms with Gasteiger partial charge in [0.25, 0.3) is 5.91 Å². The molecule has 0 bridgehead atoms. The number of rotatable bonds is 5. The standard InChI is InChI=1S/C16H22N6O3/c17-9-11(10-18)12-8-14(20-15(23)13-2-1-5-25-13)21-16(19-12)22-3-6-24-7-4-22/h8-10,13,17H,1-7,18H2,(H,19,20,21,23)/b11-10+,17-9?/t13-/m0/s1. The number of hydrogen-bond acceptors (Lipinski definition) is 8. The van der Waals surface area contributed by atoms with Crippen LogP contribution in [0.3, 0.4) is 0 Å². The van der Waals surface area contributed by atoms with E-state index in [4.69, 9.17) is 20.6 Å². The largest absolute Gasteiger partial charge is 0.404 e. The zero-order chi connectivity index (χ0) is 17.6. The molecule has 0 saturated carbocycles. The summed E-state index contributed by atoms with van der Waals surface area (Å²) in [5, 5.41) is 10.3. The highest BCUT2D eigenvalue weighted by Gasteiger charge is 2.25. The Kier molecular flexibility index (Phi) is 5.56. The van der Waals surface area contributed by atoms with E-state index in [0.717, 1.165) is 12.6 Å². The minimum Gasteiger partial charge on any atom is -0.404 e. The van der Waals surface area contributed by atoms with Crippen molar-refractivity contribution in [1.29, 1.82) is 5.41 Å². The number of anilines is 2. The molecule has 1 aromatic heterocycles. The number of morpholine rings is 1. The first-order valence-electron chi connectivity index (χ1n) is 8.28. The summed E-state index contributed by atoms with van der Waals surface area (Å²) in [6.45, 7) is 3.11. The molecule has 3 heterocycles. The number of aromatic nitrogens is 2. The molecule has 9 nitrogen and oxygen atoms in total. The molecule has 3 rings (SSSR count). The molecule has 0 aromatic carbocycles. The normalized spacial score (nSPS) is 21.2. The number of hydrogen-bond donors (Lipinski definition) is 3. The lowest BCUT2D eigenvalue weighted by Gasteiger charge is -2.27. The lowest BCUT2D eigenvalue weighted by atomic mass is 10.2. The molecule has 2 saturated heterocycles. The average Bonchev–Trinajstić information content (AvgIpc) is 3.18. The van der Waals surface area contributed by atoms with E-state index in [2.05, 4.69) is 15.3 Å². The molecule has 1 aromatic rings. The van der Waals surface area contributed by atoms with Crippen LogP contribution in [0.4, 0.5) is 11.8 Å². The Bertz CT molecular complexity index is 666. The van der Waals surface area contributed by atoms with Crippen LogP contribution in [0, 0.1) is 5.41 Å². The van der Waals surface area contributed by atoms with Gasteiger partial charge in [-0.1, -0.05) is 0 Å². The Morgan fingerprint density at radius 1 is 1.36 bits per heavy atom. The number of ether oxygens (including phenoxy) is 2. The summed E-state index contributed by atoms with van der Waals surface area (Å²) >= 11 is 0. The molecule has 0 radical (unpaired) electrons. The highest BCUT2D eigenvalue weighted by Crippen LogP contribution is 2.21. The lowest BCUT2D eigenvalue weighted by Crippen LogP contribution is -2.37. The summed E-state index contributed by atoms with van der Waals surface area (Å²) in [5.74, 6) is 0.626. The van der Waals surface area contributed by atoms with Gasteiger partial charge < -0.3 is 30.8 Å². The first-order valence-corrected chi connectivity index (χ1v) is 8.28. The van der Waals surface area contributed by atoms with Crippen molar-refractivity contribution in [2.45, 2.75) is 18.9 Å². The average molecular weight is 346 g/mol. The van der Waals surface area contributed by atoms with Crippen LogP contribution in [0.5, 0.6) is 0 Å². The van der Waals surface area contributed by atoms with Gasteiger partial charge in [-0.15, -0.1) is 0 Å². The predicted octanol–water partition coefficient (Wildman–Crippen LogP) is 0.380. The molecule has 0 spiro atoms. The zero-order valence-electron chi connectivity index (χ0n) is 13.9. The number of carbonyl (C=O) groups is 1. The maximum Gasteiger partial charge on any atom is 0.254 e. The molecule has 0 unspecified atom stereocenters. The summed E-state index contributed by atoms with van der Waals surface area (Å²) in [6, 6.07) is 1.61. The van der Waals surface area contributed by atoms with E-state index in [1.165, 1.54) is 6.20 Å². The van der Waals surface area contributed by atoms with Gasteiger partial charge in [-0.2, -0.15) is 4.98 Å². The van der Waals surface area contributed by atoms with E-state index in [9.17, 15) is 4.79 Å². The van der Waals surface area contributed by atoms with Gasteiger partial charge in [0, 0.05) is 43.8 Å². The van der Waals surface area contributed by atoms with Crippen LogP contribution in [0.15, 0.2) is 12.3 Å². The lowest BCUT2D eigenvalue weighted by molar-refractivity contribution is -0.124. The molecule has 1 amide bonds. The van der Waals surface area contributed by atoms with Crippen LogP contribution in [0.25, 0.3) is 5.57 Å².